The Balaban J connectivity index is 2.18. The Morgan fingerprint density at radius 1 is 1.29 bits per heavy atom. The molecule has 2 heterocycles. The van der Waals surface area contributed by atoms with E-state index in [1.165, 1.54) is 4.90 Å². The molecule has 2 aliphatic heterocycles. The lowest BCUT2D eigenvalue weighted by Gasteiger charge is -2.35. The highest BCUT2D eigenvalue weighted by Gasteiger charge is 2.44. The van der Waals surface area contributed by atoms with Crippen LogP contribution in [0, 0.1) is 0 Å². The molecule has 0 bridgehead atoms. The van der Waals surface area contributed by atoms with E-state index in [0.717, 1.165) is 5.57 Å². The van der Waals surface area contributed by atoms with Crippen LogP contribution in [0.15, 0.2) is 12.2 Å². The number of carboxylic acid groups (broad SMARTS) is 1. The number of hydrogen-bond acceptors (Lipinski definition) is 4. The Hall–Kier alpha value is -2.05. The van der Waals surface area contributed by atoms with Crippen molar-refractivity contribution in [3.05, 3.63) is 12.2 Å². The van der Waals surface area contributed by atoms with Gasteiger partial charge in [0.1, 0.15) is 17.7 Å². The number of amides is 2. The van der Waals surface area contributed by atoms with Gasteiger partial charge >= 0.3 is 12.1 Å². The summed E-state index contributed by atoms with van der Waals surface area (Å²) < 4.78 is 5.21. The van der Waals surface area contributed by atoms with Gasteiger partial charge in [0.2, 0.25) is 5.91 Å². The van der Waals surface area contributed by atoms with E-state index in [2.05, 4.69) is 11.9 Å². The summed E-state index contributed by atoms with van der Waals surface area (Å²) in [5.74, 6) is -1.35. The Morgan fingerprint density at radius 3 is 2.54 bits per heavy atom. The number of fused-ring (bicyclic) bond motifs is 1. The number of rotatable bonds is 2. The van der Waals surface area contributed by atoms with E-state index < -0.39 is 29.7 Å². The van der Waals surface area contributed by atoms with Crippen molar-refractivity contribution in [1.29, 1.82) is 0 Å². The van der Waals surface area contributed by atoms with Gasteiger partial charge in [-0.25, -0.2) is 9.59 Å². The molecule has 7 heteroatoms. The van der Waals surface area contributed by atoms with Gasteiger partial charge in [-0.05, 0) is 52.9 Å². The smallest absolute Gasteiger partial charge is 0.408 e. The maximum atomic E-state index is 12.9. The number of nitrogens with one attached hydrogen (secondary N) is 1. The number of carboxylic acids is 1. The average Bonchev–Trinajstić information content (AvgIpc) is 2.82. The van der Waals surface area contributed by atoms with Crippen molar-refractivity contribution in [3.8, 4) is 0 Å². The summed E-state index contributed by atoms with van der Waals surface area (Å²) >= 11 is 0. The molecule has 2 rings (SSSR count). The molecule has 0 radical (unpaired) electrons. The van der Waals surface area contributed by atoms with Crippen molar-refractivity contribution in [2.24, 2.45) is 0 Å². The lowest BCUT2D eigenvalue weighted by atomic mass is 9.95. The van der Waals surface area contributed by atoms with Crippen LogP contribution in [-0.4, -0.2) is 51.7 Å². The molecule has 0 aromatic carbocycles. The maximum absolute atomic E-state index is 12.9. The van der Waals surface area contributed by atoms with Crippen LogP contribution in [0.2, 0.25) is 0 Å². The highest BCUT2D eigenvalue weighted by Crippen LogP contribution is 2.32. The lowest BCUT2D eigenvalue weighted by molar-refractivity contribution is -0.150. The third kappa shape index (κ3) is 4.27. The zero-order valence-corrected chi connectivity index (χ0v) is 14.5. The topological polar surface area (TPSA) is 95.9 Å². The molecule has 0 aromatic heterocycles. The van der Waals surface area contributed by atoms with Gasteiger partial charge < -0.3 is 20.1 Å². The Labute approximate surface area is 142 Å². The molecule has 7 nitrogen and oxygen atoms in total. The summed E-state index contributed by atoms with van der Waals surface area (Å²) in [7, 11) is 0. The number of carbonyl (C=O) groups is 3. The van der Waals surface area contributed by atoms with Crippen molar-refractivity contribution in [2.45, 2.75) is 76.6 Å². The number of aliphatic carboxylic acids is 1. The molecule has 0 aliphatic carbocycles. The van der Waals surface area contributed by atoms with Gasteiger partial charge in [-0.3, -0.25) is 4.79 Å². The molecule has 2 aliphatic rings. The van der Waals surface area contributed by atoms with Crippen LogP contribution >= 0.6 is 0 Å². The van der Waals surface area contributed by atoms with Crippen LogP contribution in [0.1, 0.15) is 52.9 Å². The van der Waals surface area contributed by atoms with Gasteiger partial charge in [-0.2, -0.15) is 0 Å². The summed E-state index contributed by atoms with van der Waals surface area (Å²) in [5, 5.41) is 12.0. The predicted molar refractivity (Wildman–Crippen MR) is 87.4 cm³/mol. The number of nitrogens with zero attached hydrogens (tertiary/aromatic N) is 1. The molecular weight excluding hydrogens is 312 g/mol. The van der Waals surface area contributed by atoms with Gasteiger partial charge in [0.25, 0.3) is 0 Å². The minimum atomic E-state index is -1.01. The first kappa shape index (κ1) is 18.3. The van der Waals surface area contributed by atoms with E-state index in [4.69, 9.17) is 4.74 Å². The molecule has 134 valence electrons. The van der Waals surface area contributed by atoms with Gasteiger partial charge in [-0.1, -0.05) is 12.2 Å². The number of ether oxygens (including phenoxy) is 1. The van der Waals surface area contributed by atoms with E-state index in [-0.39, 0.29) is 11.9 Å². The second-order valence-electron chi connectivity index (χ2n) is 7.52. The zero-order valence-electron chi connectivity index (χ0n) is 14.5. The normalized spacial score (nSPS) is 28.0. The van der Waals surface area contributed by atoms with E-state index in [0.29, 0.717) is 32.1 Å². The van der Waals surface area contributed by atoms with Gasteiger partial charge in [0.15, 0.2) is 0 Å². The van der Waals surface area contributed by atoms with Crippen LogP contribution in [-0.2, 0) is 14.3 Å². The highest BCUT2D eigenvalue weighted by molar-refractivity contribution is 5.90. The second kappa shape index (κ2) is 6.83. The molecule has 0 spiro atoms. The Bertz CT molecular complexity index is 552. The molecule has 2 amide bonds. The molecule has 2 fully saturated rings. The van der Waals surface area contributed by atoms with Crippen molar-refractivity contribution in [2.75, 3.05) is 0 Å². The molecule has 24 heavy (non-hydrogen) atoms. The molecule has 0 saturated carbocycles. The molecule has 3 atom stereocenters. The van der Waals surface area contributed by atoms with Crippen molar-refractivity contribution in [1.82, 2.24) is 10.2 Å². The van der Waals surface area contributed by atoms with Crippen molar-refractivity contribution >= 4 is 18.0 Å². The molecule has 0 unspecified atom stereocenters. The summed E-state index contributed by atoms with van der Waals surface area (Å²) in [4.78, 5) is 37.8. The summed E-state index contributed by atoms with van der Waals surface area (Å²) in [6.07, 6.45) is 2.03. The monoisotopic (exact) mass is 338 g/mol. The van der Waals surface area contributed by atoms with Crippen LogP contribution in [0.4, 0.5) is 4.79 Å². The zero-order chi connectivity index (χ0) is 18.1. The van der Waals surface area contributed by atoms with Crippen LogP contribution in [0.5, 0.6) is 0 Å². The van der Waals surface area contributed by atoms with Crippen LogP contribution in [0.3, 0.4) is 0 Å². The van der Waals surface area contributed by atoms with Gasteiger partial charge in [-0.15, -0.1) is 0 Å². The summed E-state index contributed by atoms with van der Waals surface area (Å²) in [5.41, 5.74) is 0.303. The van der Waals surface area contributed by atoms with Crippen molar-refractivity contribution in [3.63, 3.8) is 0 Å². The number of carbonyl (C=O) groups excluding carboxylic acids is 2. The maximum Gasteiger partial charge on any atom is 0.408 e. The summed E-state index contributed by atoms with van der Waals surface area (Å²) in [6.45, 7) is 9.24. The standard InChI is InChI=1S/C17H26N2O5/c1-10-5-7-12(18-16(23)24-17(2,3)4)14(20)19-11(9-10)6-8-13(19)15(21)22/h11-13H,1,5-9H2,2-4H3,(H,18,23)(H,21,22)/t11-,12+,13+/m1/s1. The molecule has 2 saturated heterocycles. The van der Waals surface area contributed by atoms with E-state index in [1.807, 2.05) is 0 Å². The number of hydrogen-bond donors (Lipinski definition) is 2. The third-order valence-electron chi connectivity index (χ3n) is 4.34. The first-order valence-electron chi connectivity index (χ1n) is 8.29. The summed E-state index contributed by atoms with van der Waals surface area (Å²) in [6, 6.07) is -1.79. The van der Waals surface area contributed by atoms with Gasteiger partial charge in [0, 0.05) is 6.04 Å². The van der Waals surface area contributed by atoms with Crippen LogP contribution < -0.4 is 5.32 Å². The fourth-order valence-corrected chi connectivity index (χ4v) is 3.33. The molecular formula is C17H26N2O5. The fraction of sp³-hybridized carbons (Fsp3) is 0.706. The van der Waals surface area contributed by atoms with Crippen LogP contribution in [0.25, 0.3) is 0 Å². The van der Waals surface area contributed by atoms with E-state index in [1.54, 1.807) is 20.8 Å². The van der Waals surface area contributed by atoms with Crippen molar-refractivity contribution < 1.29 is 24.2 Å². The first-order valence-corrected chi connectivity index (χ1v) is 8.29. The molecule has 0 aromatic rings. The SMILES string of the molecule is C=C1CC[C@H](NC(=O)OC(C)(C)C)C(=O)N2[C@H](CC[C@H]2C(=O)O)C1. The van der Waals surface area contributed by atoms with E-state index in [9.17, 15) is 19.5 Å². The average molecular weight is 338 g/mol. The third-order valence-corrected chi connectivity index (χ3v) is 4.34. The number of alkyl carbamates (subject to hydrolysis) is 1. The fourth-order valence-electron chi connectivity index (χ4n) is 3.33. The largest absolute Gasteiger partial charge is 0.480 e. The minimum Gasteiger partial charge on any atom is -0.480 e. The van der Waals surface area contributed by atoms with E-state index >= 15 is 0 Å². The minimum absolute atomic E-state index is 0.158. The highest BCUT2D eigenvalue weighted by atomic mass is 16.6. The predicted octanol–water partition coefficient (Wildman–Crippen LogP) is 2.06. The molecule has 2 N–H and O–H groups in total. The lowest BCUT2D eigenvalue weighted by Crippen LogP contribution is -2.55. The quantitative estimate of drug-likeness (QED) is 0.751. The Morgan fingerprint density at radius 2 is 1.96 bits per heavy atom. The second-order valence-corrected chi connectivity index (χ2v) is 7.52. The Kier molecular flexibility index (Phi) is 5.20. The first-order chi connectivity index (χ1) is 11.1. The van der Waals surface area contributed by atoms with Gasteiger partial charge in [0.05, 0.1) is 0 Å².